The van der Waals surface area contributed by atoms with Crippen LogP contribution in [-0.4, -0.2) is 27.2 Å². The first-order valence-corrected chi connectivity index (χ1v) is 10.1. The summed E-state index contributed by atoms with van der Waals surface area (Å²) >= 11 is 12.2. The van der Waals surface area contributed by atoms with Crippen molar-refractivity contribution in [2.24, 2.45) is 0 Å². The van der Waals surface area contributed by atoms with Crippen molar-refractivity contribution in [3.8, 4) is 5.75 Å². The summed E-state index contributed by atoms with van der Waals surface area (Å²) in [6, 6.07) is 13.8. The summed E-state index contributed by atoms with van der Waals surface area (Å²) in [5, 5.41) is 1.60. The zero-order chi connectivity index (χ0) is 20.3. The Morgan fingerprint density at radius 2 is 1.89 bits per heavy atom. The number of hydrogen-bond donors (Lipinski definition) is 1. The molecule has 1 heterocycles. The monoisotopic (exact) mass is 432 g/mol. The van der Waals surface area contributed by atoms with Gasteiger partial charge >= 0.3 is 0 Å². The van der Waals surface area contributed by atoms with Crippen molar-refractivity contribution >= 4 is 57.8 Å². The van der Waals surface area contributed by atoms with Gasteiger partial charge in [0.1, 0.15) is 5.75 Å². The number of thioether (sulfide) groups is 1. The average molecular weight is 433 g/mol. The van der Waals surface area contributed by atoms with E-state index in [1.54, 1.807) is 30.3 Å². The van der Waals surface area contributed by atoms with Crippen LogP contribution in [0, 0.1) is 0 Å². The maximum atomic E-state index is 12.7. The standard InChI is InChI=1S/C20H17ClN2O3S2/c1-12(2)26-16-6-4-3-5-14(16)11-17-19(25)23(20(27)28-17)22-18(24)13-7-9-15(21)10-8-13/h3-12H,1-2H3,(H,22,24)/b17-11-. The van der Waals surface area contributed by atoms with E-state index in [4.69, 9.17) is 28.6 Å². The summed E-state index contributed by atoms with van der Waals surface area (Å²) in [7, 11) is 0. The van der Waals surface area contributed by atoms with Gasteiger partial charge in [0, 0.05) is 16.1 Å². The van der Waals surface area contributed by atoms with E-state index in [0.29, 0.717) is 21.2 Å². The Bertz CT molecular complexity index is 958. The predicted octanol–water partition coefficient (Wildman–Crippen LogP) is 4.67. The van der Waals surface area contributed by atoms with Gasteiger partial charge in [0.2, 0.25) is 0 Å². The third-order valence-corrected chi connectivity index (χ3v) is 5.24. The number of halogens is 1. The summed E-state index contributed by atoms with van der Waals surface area (Å²) in [5.74, 6) is -0.164. The third-order valence-electron chi connectivity index (χ3n) is 3.68. The number of benzene rings is 2. The Morgan fingerprint density at radius 3 is 2.57 bits per heavy atom. The lowest BCUT2D eigenvalue weighted by molar-refractivity contribution is -0.123. The highest BCUT2D eigenvalue weighted by atomic mass is 35.5. The highest BCUT2D eigenvalue weighted by Crippen LogP contribution is 2.33. The molecule has 2 amide bonds. The number of thiocarbonyl (C=S) groups is 1. The highest BCUT2D eigenvalue weighted by molar-refractivity contribution is 8.26. The number of hydrogen-bond acceptors (Lipinski definition) is 5. The van der Waals surface area contributed by atoms with Crippen LogP contribution in [0.15, 0.2) is 53.4 Å². The van der Waals surface area contributed by atoms with Crippen LogP contribution in [0.5, 0.6) is 5.75 Å². The maximum absolute atomic E-state index is 12.7. The van der Waals surface area contributed by atoms with Gasteiger partial charge in [-0.3, -0.25) is 15.0 Å². The third kappa shape index (κ3) is 4.73. The van der Waals surface area contributed by atoms with Crippen molar-refractivity contribution in [1.82, 2.24) is 10.4 Å². The lowest BCUT2D eigenvalue weighted by Gasteiger charge is -2.15. The minimum atomic E-state index is -0.447. The van der Waals surface area contributed by atoms with Crippen LogP contribution in [0.1, 0.15) is 29.8 Å². The van der Waals surface area contributed by atoms with E-state index in [9.17, 15) is 9.59 Å². The fourth-order valence-corrected chi connectivity index (χ4v) is 3.73. The number of carbonyl (C=O) groups is 2. The van der Waals surface area contributed by atoms with Crippen molar-refractivity contribution in [2.75, 3.05) is 0 Å². The fraction of sp³-hybridized carbons (Fsp3) is 0.150. The van der Waals surface area contributed by atoms with Gasteiger partial charge in [-0.15, -0.1) is 0 Å². The second-order valence-electron chi connectivity index (χ2n) is 6.17. The van der Waals surface area contributed by atoms with Crippen molar-refractivity contribution in [2.45, 2.75) is 20.0 Å². The minimum Gasteiger partial charge on any atom is -0.490 e. The predicted molar refractivity (Wildman–Crippen MR) is 116 cm³/mol. The van der Waals surface area contributed by atoms with E-state index in [2.05, 4.69) is 5.43 Å². The number of amides is 2. The van der Waals surface area contributed by atoms with Crippen LogP contribution in [0.3, 0.4) is 0 Å². The zero-order valence-corrected chi connectivity index (χ0v) is 17.5. The molecule has 0 saturated carbocycles. The molecule has 1 aliphatic rings. The molecule has 1 fully saturated rings. The molecule has 3 rings (SSSR count). The van der Waals surface area contributed by atoms with E-state index in [1.165, 1.54) is 0 Å². The number of rotatable bonds is 5. The molecule has 0 aliphatic carbocycles. The van der Waals surface area contributed by atoms with Crippen LogP contribution in [0.25, 0.3) is 6.08 Å². The fourth-order valence-electron chi connectivity index (χ4n) is 2.43. The second-order valence-corrected chi connectivity index (χ2v) is 8.28. The Kier molecular flexibility index (Phi) is 6.39. The molecule has 0 atom stereocenters. The second kappa shape index (κ2) is 8.77. The molecule has 2 aromatic carbocycles. The van der Waals surface area contributed by atoms with Gasteiger partial charge in [-0.1, -0.05) is 41.6 Å². The number of para-hydroxylation sites is 1. The Labute approximate surface area is 177 Å². The van der Waals surface area contributed by atoms with Gasteiger partial charge in [0.05, 0.1) is 11.0 Å². The van der Waals surface area contributed by atoms with Crippen LogP contribution in [-0.2, 0) is 4.79 Å². The van der Waals surface area contributed by atoms with Crippen LogP contribution < -0.4 is 10.2 Å². The smallest absolute Gasteiger partial charge is 0.285 e. The molecule has 144 valence electrons. The topological polar surface area (TPSA) is 58.6 Å². The van der Waals surface area contributed by atoms with Crippen LogP contribution in [0.2, 0.25) is 5.02 Å². The van der Waals surface area contributed by atoms with Gasteiger partial charge < -0.3 is 4.74 Å². The summed E-state index contributed by atoms with van der Waals surface area (Å²) < 4.78 is 6.04. The Hall–Kier alpha value is -2.35. The van der Waals surface area contributed by atoms with Crippen LogP contribution >= 0.6 is 35.6 Å². The van der Waals surface area contributed by atoms with E-state index >= 15 is 0 Å². The molecule has 0 unspecified atom stereocenters. The molecule has 5 nitrogen and oxygen atoms in total. The van der Waals surface area contributed by atoms with E-state index in [1.807, 2.05) is 38.1 Å². The minimum absolute atomic E-state index is 0.00252. The van der Waals surface area contributed by atoms with E-state index < -0.39 is 11.8 Å². The van der Waals surface area contributed by atoms with E-state index in [-0.39, 0.29) is 10.4 Å². The van der Waals surface area contributed by atoms with Gasteiger partial charge in [-0.2, -0.15) is 5.01 Å². The number of ether oxygens (including phenoxy) is 1. The Balaban J connectivity index is 1.79. The lowest BCUT2D eigenvalue weighted by Crippen LogP contribution is -2.44. The Morgan fingerprint density at radius 1 is 1.21 bits per heavy atom. The highest BCUT2D eigenvalue weighted by Gasteiger charge is 2.34. The number of hydrazine groups is 1. The SMILES string of the molecule is CC(C)Oc1ccccc1/C=C1\SC(=S)N(NC(=O)c2ccc(Cl)cc2)C1=O. The van der Waals surface area contributed by atoms with Gasteiger partial charge in [-0.25, -0.2) is 0 Å². The lowest BCUT2D eigenvalue weighted by atomic mass is 10.2. The molecule has 1 aliphatic heterocycles. The molecule has 8 heteroatoms. The van der Waals surface area contributed by atoms with Crippen molar-refractivity contribution in [3.63, 3.8) is 0 Å². The molecular weight excluding hydrogens is 416 g/mol. The first kappa shape index (κ1) is 20.4. The summed E-state index contributed by atoms with van der Waals surface area (Å²) in [6.45, 7) is 3.87. The van der Waals surface area contributed by atoms with Crippen molar-refractivity contribution in [1.29, 1.82) is 0 Å². The molecular formula is C20H17ClN2O3S2. The van der Waals surface area contributed by atoms with E-state index in [0.717, 1.165) is 22.3 Å². The zero-order valence-electron chi connectivity index (χ0n) is 15.1. The normalized spacial score (nSPS) is 15.4. The molecule has 1 saturated heterocycles. The first-order chi connectivity index (χ1) is 13.3. The van der Waals surface area contributed by atoms with Crippen molar-refractivity contribution < 1.29 is 14.3 Å². The quantitative estimate of drug-likeness (QED) is 0.549. The van der Waals surface area contributed by atoms with Crippen LogP contribution in [0.4, 0.5) is 0 Å². The molecule has 2 aromatic rings. The molecule has 0 radical (unpaired) electrons. The number of nitrogens with one attached hydrogen (secondary N) is 1. The first-order valence-electron chi connectivity index (χ1n) is 8.45. The number of carbonyl (C=O) groups excluding carboxylic acids is 2. The van der Waals surface area contributed by atoms with Crippen molar-refractivity contribution in [3.05, 3.63) is 69.6 Å². The summed E-state index contributed by atoms with van der Waals surface area (Å²) in [6.07, 6.45) is 1.72. The summed E-state index contributed by atoms with van der Waals surface area (Å²) in [4.78, 5) is 25.5. The molecule has 0 spiro atoms. The van der Waals surface area contributed by atoms with Gasteiger partial charge in [0.25, 0.3) is 11.8 Å². The van der Waals surface area contributed by atoms with Gasteiger partial charge in [-0.05, 0) is 62.5 Å². The molecule has 28 heavy (non-hydrogen) atoms. The molecule has 1 N–H and O–H groups in total. The number of nitrogens with zero attached hydrogens (tertiary/aromatic N) is 1. The molecule has 0 aromatic heterocycles. The van der Waals surface area contributed by atoms with Gasteiger partial charge in [0.15, 0.2) is 4.32 Å². The maximum Gasteiger partial charge on any atom is 0.285 e. The summed E-state index contributed by atoms with van der Waals surface area (Å²) in [5.41, 5.74) is 3.68. The largest absolute Gasteiger partial charge is 0.490 e. The molecule has 0 bridgehead atoms. The average Bonchev–Trinajstić information content (AvgIpc) is 2.91.